The molecule has 0 aliphatic rings. The van der Waals surface area contributed by atoms with Gasteiger partial charge in [0.05, 0.1) is 9.79 Å². The Balaban J connectivity index is 2.21. The van der Waals surface area contributed by atoms with Crippen molar-refractivity contribution in [2.24, 2.45) is 0 Å². The molecule has 0 fully saturated rings. The molecular formula is C18H13O2S. The van der Waals surface area contributed by atoms with E-state index in [1.807, 2.05) is 30.3 Å². The first-order chi connectivity index (χ1) is 10.2. The Kier molecular flexibility index (Phi) is 3.59. The molecule has 0 atom stereocenters. The normalized spacial score (nSPS) is 11.2. The van der Waals surface area contributed by atoms with Gasteiger partial charge in [0.1, 0.15) is 0 Å². The Bertz CT molecular complexity index is 839. The molecule has 0 aliphatic heterocycles. The molecule has 3 aromatic rings. The lowest BCUT2D eigenvalue weighted by atomic mass is 10.1. The van der Waals surface area contributed by atoms with Crippen LogP contribution >= 0.6 is 0 Å². The predicted molar refractivity (Wildman–Crippen MR) is 82.6 cm³/mol. The van der Waals surface area contributed by atoms with Gasteiger partial charge in [-0.2, -0.15) is 0 Å². The molecule has 21 heavy (non-hydrogen) atoms. The average molecular weight is 293 g/mol. The number of sulfone groups is 1. The first-order valence-electron chi connectivity index (χ1n) is 6.56. The minimum absolute atomic E-state index is 0.299. The molecule has 0 amide bonds. The van der Waals surface area contributed by atoms with Gasteiger partial charge in [0, 0.05) is 5.56 Å². The van der Waals surface area contributed by atoms with E-state index in [9.17, 15) is 8.42 Å². The standard InChI is InChI=1S/C18H13O2S/c19-21(20,16-11-5-2-6-12-16)18-14-8-7-13-17(18)15-9-3-1-4-10-15/h1-9,11-14H. The Hall–Kier alpha value is -2.39. The molecule has 0 saturated carbocycles. The SMILES string of the molecule is O=S(=O)(c1ccccc1)c1ccccc1-c1[c]cccc1. The monoisotopic (exact) mass is 293 g/mol. The second-order valence-electron chi connectivity index (χ2n) is 4.59. The van der Waals surface area contributed by atoms with Crippen LogP contribution in [0.15, 0.2) is 88.7 Å². The lowest BCUT2D eigenvalue weighted by Crippen LogP contribution is -2.03. The smallest absolute Gasteiger partial charge is 0.207 e. The second-order valence-corrected chi connectivity index (χ2v) is 6.51. The molecule has 0 spiro atoms. The maximum Gasteiger partial charge on any atom is 0.207 e. The summed E-state index contributed by atoms with van der Waals surface area (Å²) in [6.07, 6.45) is 0. The Labute approximate surface area is 124 Å². The fraction of sp³-hybridized carbons (Fsp3) is 0. The van der Waals surface area contributed by atoms with Crippen LogP contribution in [0.25, 0.3) is 11.1 Å². The summed E-state index contributed by atoms with van der Waals surface area (Å²) in [5.41, 5.74) is 1.44. The third-order valence-corrected chi connectivity index (χ3v) is 5.06. The molecule has 0 bridgehead atoms. The maximum absolute atomic E-state index is 12.8. The van der Waals surface area contributed by atoms with Crippen molar-refractivity contribution in [2.45, 2.75) is 9.79 Å². The number of hydrogen-bond donors (Lipinski definition) is 0. The van der Waals surface area contributed by atoms with Crippen molar-refractivity contribution in [1.29, 1.82) is 0 Å². The highest BCUT2D eigenvalue weighted by molar-refractivity contribution is 7.91. The highest BCUT2D eigenvalue weighted by atomic mass is 32.2. The topological polar surface area (TPSA) is 34.1 Å². The molecular weight excluding hydrogens is 280 g/mol. The lowest BCUT2D eigenvalue weighted by molar-refractivity contribution is 0.596. The zero-order chi connectivity index (χ0) is 14.7. The molecule has 0 saturated heterocycles. The summed E-state index contributed by atoms with van der Waals surface area (Å²) in [5, 5.41) is 0. The van der Waals surface area contributed by atoms with Crippen molar-refractivity contribution in [3.63, 3.8) is 0 Å². The van der Waals surface area contributed by atoms with Gasteiger partial charge >= 0.3 is 0 Å². The van der Waals surface area contributed by atoms with Crippen molar-refractivity contribution >= 4 is 9.84 Å². The molecule has 103 valence electrons. The molecule has 0 heterocycles. The lowest BCUT2D eigenvalue weighted by Gasteiger charge is -2.10. The molecule has 3 rings (SSSR count). The van der Waals surface area contributed by atoms with Crippen LogP contribution in [-0.2, 0) is 9.84 Å². The van der Waals surface area contributed by atoms with Gasteiger partial charge in [-0.1, -0.05) is 60.7 Å². The summed E-state index contributed by atoms with van der Waals surface area (Å²) in [5.74, 6) is 0. The van der Waals surface area contributed by atoms with Crippen LogP contribution in [0.4, 0.5) is 0 Å². The molecule has 0 aliphatic carbocycles. The van der Waals surface area contributed by atoms with Crippen molar-refractivity contribution in [2.75, 3.05) is 0 Å². The van der Waals surface area contributed by atoms with E-state index in [-0.39, 0.29) is 0 Å². The molecule has 0 unspecified atom stereocenters. The van der Waals surface area contributed by atoms with E-state index < -0.39 is 9.84 Å². The Morgan fingerprint density at radius 1 is 0.714 bits per heavy atom. The zero-order valence-corrected chi connectivity index (χ0v) is 12.0. The molecule has 3 aromatic carbocycles. The molecule has 2 nitrogen and oxygen atoms in total. The number of benzene rings is 3. The summed E-state index contributed by atoms with van der Waals surface area (Å²) in [6, 6.07) is 25.9. The highest BCUT2D eigenvalue weighted by Gasteiger charge is 2.21. The van der Waals surface area contributed by atoms with Crippen molar-refractivity contribution in [3.8, 4) is 11.1 Å². The summed E-state index contributed by atoms with van der Waals surface area (Å²) in [6.45, 7) is 0. The summed E-state index contributed by atoms with van der Waals surface area (Å²) in [7, 11) is -3.54. The van der Waals surface area contributed by atoms with Crippen LogP contribution in [0.5, 0.6) is 0 Å². The summed E-state index contributed by atoms with van der Waals surface area (Å²) >= 11 is 0. The van der Waals surface area contributed by atoms with Crippen LogP contribution in [0.2, 0.25) is 0 Å². The second kappa shape index (κ2) is 5.54. The van der Waals surface area contributed by atoms with Gasteiger partial charge in [0.25, 0.3) is 0 Å². The van der Waals surface area contributed by atoms with Crippen LogP contribution in [0.1, 0.15) is 0 Å². The van der Waals surface area contributed by atoms with Gasteiger partial charge in [-0.3, -0.25) is 0 Å². The van der Waals surface area contributed by atoms with Crippen LogP contribution in [-0.4, -0.2) is 8.42 Å². The largest absolute Gasteiger partial charge is 0.218 e. The van der Waals surface area contributed by atoms with Gasteiger partial charge in [0.15, 0.2) is 0 Å². The minimum atomic E-state index is -3.54. The van der Waals surface area contributed by atoms with E-state index in [0.717, 1.165) is 5.56 Å². The molecule has 1 radical (unpaired) electrons. The van der Waals surface area contributed by atoms with Crippen LogP contribution in [0, 0.1) is 6.07 Å². The van der Waals surface area contributed by atoms with Crippen molar-refractivity contribution < 1.29 is 8.42 Å². The van der Waals surface area contributed by atoms with E-state index in [2.05, 4.69) is 6.07 Å². The molecule has 0 aromatic heterocycles. The predicted octanol–water partition coefficient (Wildman–Crippen LogP) is 3.99. The van der Waals surface area contributed by atoms with Crippen molar-refractivity contribution in [3.05, 3.63) is 84.9 Å². The van der Waals surface area contributed by atoms with Gasteiger partial charge in [0.2, 0.25) is 9.84 Å². The fourth-order valence-electron chi connectivity index (χ4n) is 2.21. The maximum atomic E-state index is 12.8. The van der Waals surface area contributed by atoms with Crippen LogP contribution in [0.3, 0.4) is 0 Å². The van der Waals surface area contributed by atoms with E-state index in [1.54, 1.807) is 48.5 Å². The van der Waals surface area contributed by atoms with Crippen LogP contribution < -0.4 is 0 Å². The highest BCUT2D eigenvalue weighted by Crippen LogP contribution is 2.30. The quantitative estimate of drug-likeness (QED) is 0.732. The van der Waals surface area contributed by atoms with E-state index in [4.69, 9.17) is 0 Å². The Morgan fingerprint density at radius 2 is 1.38 bits per heavy atom. The fourth-order valence-corrected chi connectivity index (χ4v) is 3.71. The third-order valence-electron chi connectivity index (χ3n) is 3.23. The van der Waals surface area contributed by atoms with Crippen molar-refractivity contribution in [1.82, 2.24) is 0 Å². The van der Waals surface area contributed by atoms with Gasteiger partial charge in [-0.05, 0) is 29.8 Å². The van der Waals surface area contributed by atoms with Gasteiger partial charge < -0.3 is 0 Å². The molecule has 3 heteroatoms. The van der Waals surface area contributed by atoms with E-state index in [1.165, 1.54) is 0 Å². The Morgan fingerprint density at radius 3 is 2.10 bits per heavy atom. The summed E-state index contributed by atoms with van der Waals surface area (Å²) in [4.78, 5) is 0.604. The first-order valence-corrected chi connectivity index (χ1v) is 8.04. The zero-order valence-electron chi connectivity index (χ0n) is 11.2. The number of hydrogen-bond acceptors (Lipinski definition) is 2. The number of rotatable bonds is 3. The van der Waals surface area contributed by atoms with Gasteiger partial charge in [-0.15, -0.1) is 0 Å². The average Bonchev–Trinajstić information content (AvgIpc) is 2.56. The minimum Gasteiger partial charge on any atom is -0.218 e. The van der Waals surface area contributed by atoms with E-state index in [0.29, 0.717) is 15.4 Å². The first kappa shape index (κ1) is 13.6. The third kappa shape index (κ3) is 2.60. The molecule has 0 N–H and O–H groups in total. The summed E-state index contributed by atoms with van der Waals surface area (Å²) < 4.78 is 25.6. The van der Waals surface area contributed by atoms with Gasteiger partial charge in [-0.25, -0.2) is 8.42 Å². The van der Waals surface area contributed by atoms with E-state index >= 15 is 0 Å².